The van der Waals surface area contributed by atoms with Crippen molar-refractivity contribution < 1.29 is 4.74 Å². The number of aromatic nitrogens is 1. The fourth-order valence-electron chi connectivity index (χ4n) is 1.60. The maximum Gasteiger partial charge on any atom is 0.219 e. The lowest BCUT2D eigenvalue weighted by Crippen LogP contribution is -1.95. The molecular formula is C14H16N2O. The van der Waals surface area contributed by atoms with Crippen molar-refractivity contribution in [1.82, 2.24) is 4.98 Å². The van der Waals surface area contributed by atoms with Gasteiger partial charge in [0.2, 0.25) is 5.88 Å². The predicted molar refractivity (Wildman–Crippen MR) is 69.3 cm³/mol. The molecule has 0 spiro atoms. The second-order valence-corrected chi connectivity index (χ2v) is 3.94. The van der Waals surface area contributed by atoms with Crippen LogP contribution in [0.2, 0.25) is 0 Å². The van der Waals surface area contributed by atoms with Gasteiger partial charge < -0.3 is 10.5 Å². The summed E-state index contributed by atoms with van der Waals surface area (Å²) in [6.45, 7) is 4.04. The SMILES string of the molecule is CCc1ccccc1Oc1cc(C)c(N)cn1. The van der Waals surface area contributed by atoms with Crippen LogP contribution in [0.5, 0.6) is 11.6 Å². The van der Waals surface area contributed by atoms with Gasteiger partial charge in [0.1, 0.15) is 5.75 Å². The molecule has 0 aliphatic heterocycles. The third kappa shape index (κ3) is 2.56. The summed E-state index contributed by atoms with van der Waals surface area (Å²) >= 11 is 0. The molecule has 0 saturated heterocycles. The van der Waals surface area contributed by atoms with E-state index in [2.05, 4.69) is 18.0 Å². The third-order valence-corrected chi connectivity index (χ3v) is 2.69. The zero-order chi connectivity index (χ0) is 12.3. The van der Waals surface area contributed by atoms with Crippen LogP contribution >= 0.6 is 0 Å². The lowest BCUT2D eigenvalue weighted by Gasteiger charge is -2.09. The summed E-state index contributed by atoms with van der Waals surface area (Å²) in [6.07, 6.45) is 2.56. The summed E-state index contributed by atoms with van der Waals surface area (Å²) in [5, 5.41) is 0. The van der Waals surface area contributed by atoms with Gasteiger partial charge in [-0.05, 0) is 30.5 Å². The average Bonchev–Trinajstić information content (AvgIpc) is 2.34. The number of aryl methyl sites for hydroxylation is 2. The van der Waals surface area contributed by atoms with Gasteiger partial charge in [0.25, 0.3) is 0 Å². The van der Waals surface area contributed by atoms with Gasteiger partial charge in [-0.3, -0.25) is 0 Å². The summed E-state index contributed by atoms with van der Waals surface area (Å²) in [4.78, 5) is 4.16. The number of hydrogen-bond acceptors (Lipinski definition) is 3. The van der Waals surface area contributed by atoms with Gasteiger partial charge in [-0.1, -0.05) is 25.1 Å². The van der Waals surface area contributed by atoms with Gasteiger partial charge in [-0.25, -0.2) is 4.98 Å². The first-order valence-corrected chi connectivity index (χ1v) is 5.68. The van der Waals surface area contributed by atoms with Crippen molar-refractivity contribution in [3.63, 3.8) is 0 Å². The molecule has 0 amide bonds. The molecule has 0 aliphatic rings. The number of ether oxygens (including phenoxy) is 1. The van der Waals surface area contributed by atoms with E-state index in [4.69, 9.17) is 10.5 Å². The highest BCUT2D eigenvalue weighted by Crippen LogP contribution is 2.25. The molecule has 17 heavy (non-hydrogen) atoms. The Labute approximate surface area is 101 Å². The summed E-state index contributed by atoms with van der Waals surface area (Å²) in [5.74, 6) is 1.43. The van der Waals surface area contributed by atoms with Crippen LogP contribution in [0.15, 0.2) is 36.5 Å². The monoisotopic (exact) mass is 228 g/mol. The number of rotatable bonds is 3. The molecule has 3 nitrogen and oxygen atoms in total. The van der Waals surface area contributed by atoms with Crippen LogP contribution < -0.4 is 10.5 Å². The van der Waals surface area contributed by atoms with Crippen molar-refractivity contribution in [3.8, 4) is 11.6 Å². The summed E-state index contributed by atoms with van der Waals surface area (Å²) in [5.41, 5.74) is 8.55. The van der Waals surface area contributed by atoms with E-state index in [0.29, 0.717) is 11.6 Å². The Balaban J connectivity index is 2.28. The number of pyridine rings is 1. The molecule has 0 unspecified atom stereocenters. The highest BCUT2D eigenvalue weighted by Gasteiger charge is 2.04. The molecule has 0 bridgehead atoms. The minimum Gasteiger partial charge on any atom is -0.439 e. The van der Waals surface area contributed by atoms with E-state index < -0.39 is 0 Å². The van der Waals surface area contributed by atoms with Crippen molar-refractivity contribution in [2.24, 2.45) is 0 Å². The van der Waals surface area contributed by atoms with Gasteiger partial charge in [-0.15, -0.1) is 0 Å². The normalized spacial score (nSPS) is 10.2. The van der Waals surface area contributed by atoms with Crippen LogP contribution in [0.25, 0.3) is 0 Å². The van der Waals surface area contributed by atoms with Crippen LogP contribution in [0, 0.1) is 6.92 Å². The first-order chi connectivity index (χ1) is 8.20. The van der Waals surface area contributed by atoms with Crippen molar-refractivity contribution in [2.45, 2.75) is 20.3 Å². The van der Waals surface area contributed by atoms with Crippen molar-refractivity contribution >= 4 is 5.69 Å². The first kappa shape index (κ1) is 11.5. The number of para-hydroxylation sites is 1. The molecule has 1 aromatic carbocycles. The molecule has 2 N–H and O–H groups in total. The van der Waals surface area contributed by atoms with Gasteiger partial charge in [0.05, 0.1) is 11.9 Å². The molecule has 2 rings (SSSR count). The standard InChI is InChI=1S/C14H16N2O/c1-3-11-6-4-5-7-13(11)17-14-8-10(2)12(15)9-16-14/h4-9H,3,15H2,1-2H3. The van der Waals surface area contributed by atoms with Gasteiger partial charge in [0.15, 0.2) is 0 Å². The maximum atomic E-state index is 5.77. The second-order valence-electron chi connectivity index (χ2n) is 3.94. The zero-order valence-corrected chi connectivity index (χ0v) is 10.1. The van der Waals surface area contributed by atoms with E-state index >= 15 is 0 Å². The number of benzene rings is 1. The molecular weight excluding hydrogens is 212 g/mol. The van der Waals surface area contributed by atoms with E-state index in [1.165, 1.54) is 5.56 Å². The van der Waals surface area contributed by atoms with Crippen LogP contribution in [-0.2, 0) is 6.42 Å². The fourth-order valence-corrected chi connectivity index (χ4v) is 1.60. The molecule has 0 fully saturated rings. The van der Waals surface area contributed by atoms with Gasteiger partial charge >= 0.3 is 0 Å². The molecule has 1 heterocycles. The second kappa shape index (κ2) is 4.87. The highest BCUT2D eigenvalue weighted by molar-refractivity contribution is 5.46. The Morgan fingerprint density at radius 3 is 2.76 bits per heavy atom. The predicted octanol–water partition coefficient (Wildman–Crippen LogP) is 3.33. The number of nitrogen functional groups attached to an aromatic ring is 1. The van der Waals surface area contributed by atoms with Crippen LogP contribution in [0.3, 0.4) is 0 Å². The Morgan fingerprint density at radius 1 is 1.29 bits per heavy atom. The molecule has 2 aromatic rings. The Morgan fingerprint density at radius 2 is 2.06 bits per heavy atom. The van der Waals surface area contributed by atoms with Crippen LogP contribution in [-0.4, -0.2) is 4.98 Å². The molecule has 0 atom stereocenters. The van der Waals surface area contributed by atoms with Crippen LogP contribution in [0.1, 0.15) is 18.1 Å². The molecule has 0 aliphatic carbocycles. The van der Waals surface area contributed by atoms with Crippen molar-refractivity contribution in [1.29, 1.82) is 0 Å². The number of nitrogens with two attached hydrogens (primary N) is 1. The quantitative estimate of drug-likeness (QED) is 0.876. The first-order valence-electron chi connectivity index (χ1n) is 5.68. The minimum atomic E-state index is 0.581. The van der Waals surface area contributed by atoms with Gasteiger partial charge in [0, 0.05) is 6.07 Å². The lowest BCUT2D eigenvalue weighted by molar-refractivity contribution is 0.457. The van der Waals surface area contributed by atoms with Crippen LogP contribution in [0.4, 0.5) is 5.69 Å². The highest BCUT2D eigenvalue weighted by atomic mass is 16.5. The Hall–Kier alpha value is -2.03. The zero-order valence-electron chi connectivity index (χ0n) is 10.1. The van der Waals surface area contributed by atoms with E-state index in [1.54, 1.807) is 6.20 Å². The van der Waals surface area contributed by atoms with E-state index in [0.717, 1.165) is 17.7 Å². The Kier molecular flexibility index (Phi) is 3.28. The maximum absolute atomic E-state index is 5.77. The Bertz CT molecular complexity index is 523. The average molecular weight is 228 g/mol. The molecule has 3 heteroatoms. The van der Waals surface area contributed by atoms with E-state index in [9.17, 15) is 0 Å². The van der Waals surface area contributed by atoms with Crippen molar-refractivity contribution in [2.75, 3.05) is 5.73 Å². The molecule has 0 saturated carbocycles. The van der Waals surface area contributed by atoms with Gasteiger partial charge in [-0.2, -0.15) is 0 Å². The molecule has 0 radical (unpaired) electrons. The number of hydrogen-bond donors (Lipinski definition) is 1. The summed E-state index contributed by atoms with van der Waals surface area (Å²) in [6, 6.07) is 9.82. The smallest absolute Gasteiger partial charge is 0.219 e. The summed E-state index contributed by atoms with van der Waals surface area (Å²) in [7, 11) is 0. The number of anilines is 1. The van der Waals surface area contributed by atoms with E-state index in [1.807, 2.05) is 31.2 Å². The topological polar surface area (TPSA) is 48.1 Å². The molecule has 1 aromatic heterocycles. The largest absolute Gasteiger partial charge is 0.439 e. The van der Waals surface area contributed by atoms with Crippen molar-refractivity contribution in [3.05, 3.63) is 47.7 Å². The third-order valence-electron chi connectivity index (χ3n) is 2.69. The molecule has 88 valence electrons. The summed E-state index contributed by atoms with van der Waals surface area (Å²) < 4.78 is 5.77. The number of nitrogens with zero attached hydrogens (tertiary/aromatic N) is 1. The lowest BCUT2D eigenvalue weighted by atomic mass is 10.1. The van der Waals surface area contributed by atoms with E-state index in [-0.39, 0.29) is 0 Å². The minimum absolute atomic E-state index is 0.581. The fraction of sp³-hybridized carbons (Fsp3) is 0.214.